The van der Waals surface area contributed by atoms with E-state index in [0.29, 0.717) is 17.3 Å². The largest absolute Gasteiger partial charge is 0.462 e. The molecule has 0 aliphatic rings. The Balaban J connectivity index is 2.15. The van der Waals surface area contributed by atoms with Crippen molar-refractivity contribution < 1.29 is 9.53 Å². The Morgan fingerprint density at radius 1 is 1.50 bits per heavy atom. The summed E-state index contributed by atoms with van der Waals surface area (Å²) in [7, 11) is 0. The lowest BCUT2D eigenvalue weighted by Crippen LogP contribution is -2.03. The number of nitrogens with zero attached hydrogens (tertiary/aromatic N) is 4. The van der Waals surface area contributed by atoms with Gasteiger partial charge < -0.3 is 4.74 Å². The first-order valence-electron chi connectivity index (χ1n) is 5.79. The Labute approximate surface area is 109 Å². The van der Waals surface area contributed by atoms with E-state index in [4.69, 9.17) is 4.74 Å². The second-order valence-corrected chi connectivity index (χ2v) is 4.37. The molecule has 0 bridgehead atoms. The third-order valence-electron chi connectivity index (χ3n) is 2.22. The highest BCUT2D eigenvalue weighted by Gasteiger charge is 2.12. The molecule has 0 N–H and O–H groups in total. The molecular weight excluding hydrogens is 252 g/mol. The van der Waals surface area contributed by atoms with Crippen LogP contribution in [0.5, 0.6) is 0 Å². The Morgan fingerprint density at radius 3 is 3.06 bits per heavy atom. The minimum atomic E-state index is -0.373. The van der Waals surface area contributed by atoms with Crippen LogP contribution in [0.4, 0.5) is 0 Å². The summed E-state index contributed by atoms with van der Waals surface area (Å²) in [4.78, 5) is 15.8. The summed E-state index contributed by atoms with van der Waals surface area (Å²) in [5, 5.41) is 4.75. The van der Waals surface area contributed by atoms with Crippen molar-refractivity contribution in [2.45, 2.75) is 26.7 Å². The number of esters is 1. The van der Waals surface area contributed by atoms with Crippen molar-refractivity contribution >= 4 is 17.5 Å². The second kappa shape index (κ2) is 5.72. The number of hydrogen-bond donors (Lipinski definition) is 0. The van der Waals surface area contributed by atoms with Gasteiger partial charge in [0.15, 0.2) is 0 Å². The van der Waals surface area contributed by atoms with E-state index in [2.05, 4.69) is 21.4 Å². The molecule has 0 aliphatic carbocycles. The number of carbonyl (C=O) groups is 1. The highest BCUT2D eigenvalue weighted by molar-refractivity contribution is 7.08. The highest BCUT2D eigenvalue weighted by atomic mass is 32.1. The predicted molar refractivity (Wildman–Crippen MR) is 67.0 cm³/mol. The molecule has 0 aliphatic heterocycles. The molecule has 18 heavy (non-hydrogen) atoms. The molecule has 2 rings (SSSR count). The van der Waals surface area contributed by atoms with Gasteiger partial charge in [0.2, 0.25) is 5.13 Å². The lowest BCUT2D eigenvalue weighted by atomic mass is 10.3. The van der Waals surface area contributed by atoms with E-state index in [1.807, 2.05) is 0 Å². The van der Waals surface area contributed by atoms with Crippen LogP contribution < -0.4 is 0 Å². The molecule has 0 spiro atoms. The van der Waals surface area contributed by atoms with Gasteiger partial charge in [0.25, 0.3) is 0 Å². The van der Waals surface area contributed by atoms with Gasteiger partial charge in [-0.1, -0.05) is 6.92 Å². The van der Waals surface area contributed by atoms with Crippen LogP contribution in [-0.4, -0.2) is 31.7 Å². The van der Waals surface area contributed by atoms with Crippen LogP contribution in [0.15, 0.2) is 12.4 Å². The molecule has 0 amide bonds. The van der Waals surface area contributed by atoms with Crippen molar-refractivity contribution in [3.05, 3.63) is 23.8 Å². The summed E-state index contributed by atoms with van der Waals surface area (Å²) in [6.45, 7) is 4.20. The summed E-state index contributed by atoms with van der Waals surface area (Å²) in [6.07, 6.45) is 4.93. The van der Waals surface area contributed by atoms with E-state index < -0.39 is 0 Å². The molecule has 0 radical (unpaired) electrons. The molecule has 0 saturated carbocycles. The first kappa shape index (κ1) is 12.7. The third-order valence-corrected chi connectivity index (χ3v) is 2.96. The summed E-state index contributed by atoms with van der Waals surface area (Å²) >= 11 is 1.27. The van der Waals surface area contributed by atoms with Gasteiger partial charge in [-0.25, -0.2) is 14.5 Å². The van der Waals surface area contributed by atoms with Gasteiger partial charge in [0, 0.05) is 24.2 Å². The number of carbonyl (C=O) groups excluding carboxylic acids is 1. The SMILES string of the molecule is CCCc1nsc(-n2cc(C(=O)OCC)cn2)n1. The van der Waals surface area contributed by atoms with Gasteiger partial charge in [-0.05, 0) is 13.3 Å². The Hall–Kier alpha value is -1.76. The zero-order valence-electron chi connectivity index (χ0n) is 10.3. The molecule has 0 aromatic carbocycles. The topological polar surface area (TPSA) is 69.9 Å². The van der Waals surface area contributed by atoms with E-state index in [9.17, 15) is 4.79 Å². The van der Waals surface area contributed by atoms with Gasteiger partial charge in [-0.2, -0.15) is 9.47 Å². The monoisotopic (exact) mass is 266 g/mol. The van der Waals surface area contributed by atoms with Crippen LogP contribution in [-0.2, 0) is 11.2 Å². The van der Waals surface area contributed by atoms with E-state index in [1.54, 1.807) is 17.8 Å². The van der Waals surface area contributed by atoms with Crippen LogP contribution in [0.1, 0.15) is 36.5 Å². The fourth-order valence-corrected chi connectivity index (χ4v) is 2.06. The average Bonchev–Trinajstić information content (AvgIpc) is 2.97. The van der Waals surface area contributed by atoms with Crippen LogP contribution >= 0.6 is 11.5 Å². The van der Waals surface area contributed by atoms with Crippen LogP contribution in [0.25, 0.3) is 5.13 Å². The van der Waals surface area contributed by atoms with Crippen LogP contribution in [0, 0.1) is 0 Å². The van der Waals surface area contributed by atoms with Gasteiger partial charge in [0.05, 0.1) is 18.4 Å². The fraction of sp³-hybridized carbons (Fsp3) is 0.455. The Bertz CT molecular complexity index is 535. The molecule has 96 valence electrons. The average molecular weight is 266 g/mol. The van der Waals surface area contributed by atoms with Crippen LogP contribution in [0.3, 0.4) is 0 Å². The highest BCUT2D eigenvalue weighted by Crippen LogP contribution is 2.12. The third kappa shape index (κ3) is 2.73. The van der Waals surface area contributed by atoms with E-state index in [1.165, 1.54) is 17.7 Å². The van der Waals surface area contributed by atoms with Crippen LogP contribution in [0.2, 0.25) is 0 Å². The first-order valence-corrected chi connectivity index (χ1v) is 6.56. The Kier molecular flexibility index (Phi) is 4.03. The van der Waals surface area contributed by atoms with E-state index in [-0.39, 0.29) is 5.97 Å². The van der Waals surface area contributed by atoms with Crippen molar-refractivity contribution in [2.24, 2.45) is 0 Å². The molecule has 6 nitrogen and oxygen atoms in total. The standard InChI is InChI=1S/C11H14N4O2S/c1-3-5-9-13-11(18-14-9)15-7-8(6-12-15)10(16)17-4-2/h6-7H,3-5H2,1-2H3. The molecular formula is C11H14N4O2S. The van der Waals surface area contributed by atoms with Crippen molar-refractivity contribution in [1.82, 2.24) is 19.1 Å². The molecule has 2 aromatic heterocycles. The maximum atomic E-state index is 11.5. The smallest absolute Gasteiger partial charge is 0.341 e. The summed E-state index contributed by atoms with van der Waals surface area (Å²) < 4.78 is 10.7. The van der Waals surface area contributed by atoms with Crippen molar-refractivity contribution in [3.8, 4) is 5.13 Å². The number of ether oxygens (including phenoxy) is 1. The van der Waals surface area contributed by atoms with E-state index in [0.717, 1.165) is 18.7 Å². The minimum Gasteiger partial charge on any atom is -0.462 e. The maximum Gasteiger partial charge on any atom is 0.341 e. The molecule has 7 heteroatoms. The van der Waals surface area contributed by atoms with Gasteiger partial charge in [-0.15, -0.1) is 0 Å². The molecule has 0 unspecified atom stereocenters. The molecule has 0 atom stereocenters. The second-order valence-electron chi connectivity index (χ2n) is 3.64. The minimum absolute atomic E-state index is 0.351. The number of aromatic nitrogens is 4. The Morgan fingerprint density at radius 2 is 2.33 bits per heavy atom. The fourth-order valence-electron chi connectivity index (χ4n) is 1.41. The zero-order valence-corrected chi connectivity index (χ0v) is 11.1. The summed E-state index contributed by atoms with van der Waals surface area (Å²) in [6, 6.07) is 0. The quantitative estimate of drug-likeness (QED) is 0.772. The van der Waals surface area contributed by atoms with Crippen molar-refractivity contribution in [2.75, 3.05) is 6.61 Å². The maximum absolute atomic E-state index is 11.5. The lowest BCUT2D eigenvalue weighted by Gasteiger charge is -1.96. The van der Waals surface area contributed by atoms with Crippen molar-refractivity contribution in [1.29, 1.82) is 0 Å². The van der Waals surface area contributed by atoms with E-state index >= 15 is 0 Å². The molecule has 0 fully saturated rings. The lowest BCUT2D eigenvalue weighted by molar-refractivity contribution is 0.0526. The number of aryl methyl sites for hydroxylation is 1. The molecule has 0 saturated heterocycles. The van der Waals surface area contributed by atoms with Crippen molar-refractivity contribution in [3.63, 3.8) is 0 Å². The predicted octanol–water partition coefficient (Wildman–Crippen LogP) is 1.85. The summed E-state index contributed by atoms with van der Waals surface area (Å²) in [5.74, 6) is 0.438. The molecule has 2 aromatic rings. The first-order chi connectivity index (χ1) is 8.74. The van der Waals surface area contributed by atoms with Gasteiger partial charge in [-0.3, -0.25) is 0 Å². The number of rotatable bonds is 5. The zero-order chi connectivity index (χ0) is 13.0. The van der Waals surface area contributed by atoms with Gasteiger partial charge in [0.1, 0.15) is 5.82 Å². The normalized spacial score (nSPS) is 10.6. The molecule has 2 heterocycles. The number of hydrogen-bond acceptors (Lipinski definition) is 6. The summed E-state index contributed by atoms with van der Waals surface area (Å²) in [5.41, 5.74) is 0.420. The van der Waals surface area contributed by atoms with Gasteiger partial charge >= 0.3 is 5.97 Å².